The van der Waals surface area contributed by atoms with E-state index in [9.17, 15) is 0 Å². The summed E-state index contributed by atoms with van der Waals surface area (Å²) < 4.78 is 13.6. The van der Waals surface area contributed by atoms with Crippen molar-refractivity contribution in [1.29, 1.82) is 0 Å². The third kappa shape index (κ3) is 5.60. The second kappa shape index (κ2) is 14.5. The van der Waals surface area contributed by atoms with Gasteiger partial charge in [0, 0.05) is 43.7 Å². The molecule has 0 radical (unpaired) electrons. The van der Waals surface area contributed by atoms with Crippen LogP contribution in [0.1, 0.15) is 42.5 Å². The lowest BCUT2D eigenvalue weighted by molar-refractivity contribution is 0.668. The number of nitrogens with zero attached hydrogens (tertiary/aromatic N) is 2. The van der Waals surface area contributed by atoms with E-state index < -0.39 is 0 Å². The van der Waals surface area contributed by atoms with Crippen LogP contribution in [0.2, 0.25) is 0 Å². The Morgan fingerprint density at radius 2 is 0.778 bits per heavy atom. The number of para-hydroxylation sites is 6. The van der Waals surface area contributed by atoms with Gasteiger partial charge in [0.25, 0.3) is 0 Å². The molecule has 63 heavy (non-hydrogen) atoms. The Morgan fingerprint density at radius 1 is 0.365 bits per heavy atom. The first-order valence-electron chi connectivity index (χ1n) is 22.3. The Hall–Kier alpha value is -7.56. The highest BCUT2D eigenvalue weighted by atomic mass is 16.3. The molecular weight excluding hydrogens is 769 g/mol. The van der Waals surface area contributed by atoms with Crippen molar-refractivity contribution >= 4 is 110 Å². The molecule has 0 fully saturated rings. The van der Waals surface area contributed by atoms with Gasteiger partial charge in [-0.1, -0.05) is 142 Å². The summed E-state index contributed by atoms with van der Waals surface area (Å²) in [5.41, 5.74) is 15.2. The standard InChI is InChI=1S/C59H46N2O2/c1-5-17-39-35-53(61(49-25-12-8-19-37(49)4)51-27-16-23-45-43-21-10-14-29-55(43)63-59(45)51)47-32-30-40-38(6-2)34-52(46-33-31-41(39)57(47)56(40)46)60(48-24-11-7-18-36(48)3)50-26-15-22-44-42-20-9-13-28-54(42)62-58(44)50/h7-16,18-35H,5-6,17H2,1-4H3. The summed E-state index contributed by atoms with van der Waals surface area (Å²) >= 11 is 0. The van der Waals surface area contributed by atoms with Crippen molar-refractivity contribution in [2.24, 2.45) is 0 Å². The molecule has 0 bridgehead atoms. The largest absolute Gasteiger partial charge is 0.454 e. The number of rotatable bonds is 9. The summed E-state index contributed by atoms with van der Waals surface area (Å²) in [5, 5.41) is 12.1. The van der Waals surface area contributed by atoms with Crippen molar-refractivity contribution in [2.75, 3.05) is 9.80 Å². The monoisotopic (exact) mass is 814 g/mol. The number of anilines is 6. The average Bonchev–Trinajstić information content (AvgIpc) is 3.90. The normalized spacial score (nSPS) is 12.0. The van der Waals surface area contributed by atoms with Crippen LogP contribution in [0.4, 0.5) is 34.1 Å². The molecule has 0 spiro atoms. The van der Waals surface area contributed by atoms with Crippen LogP contribution >= 0.6 is 0 Å². The lowest BCUT2D eigenvalue weighted by atomic mass is 9.86. The summed E-state index contributed by atoms with van der Waals surface area (Å²) in [6.45, 7) is 9.00. The zero-order chi connectivity index (χ0) is 42.3. The summed E-state index contributed by atoms with van der Waals surface area (Å²) in [5.74, 6) is 0. The summed E-state index contributed by atoms with van der Waals surface area (Å²) in [7, 11) is 0. The third-order valence-corrected chi connectivity index (χ3v) is 13.4. The highest BCUT2D eigenvalue weighted by Gasteiger charge is 2.28. The second-order valence-electron chi connectivity index (χ2n) is 17.0. The molecule has 12 aromatic rings. The van der Waals surface area contributed by atoms with Crippen LogP contribution in [-0.4, -0.2) is 0 Å². The summed E-state index contributed by atoms with van der Waals surface area (Å²) in [6, 6.07) is 61.9. The van der Waals surface area contributed by atoms with Gasteiger partial charge in [-0.2, -0.15) is 0 Å². The molecule has 0 amide bonds. The SMILES string of the molecule is CCCc1cc(N(c2ccccc2C)c2cccc3c2oc2ccccc23)c2ccc3c(CC)cc(N(c4ccccc4C)c4cccc5c4oc4ccccc45)c4ccc1c2c34. The van der Waals surface area contributed by atoms with Crippen LogP contribution in [0.15, 0.2) is 179 Å². The molecule has 10 aromatic carbocycles. The van der Waals surface area contributed by atoms with Gasteiger partial charge in [-0.15, -0.1) is 0 Å². The number of furan rings is 2. The topological polar surface area (TPSA) is 32.8 Å². The van der Waals surface area contributed by atoms with Crippen LogP contribution in [0.5, 0.6) is 0 Å². The first-order chi connectivity index (χ1) is 31.0. The van der Waals surface area contributed by atoms with Crippen molar-refractivity contribution in [3.8, 4) is 0 Å². The van der Waals surface area contributed by atoms with Crippen molar-refractivity contribution in [3.63, 3.8) is 0 Å². The van der Waals surface area contributed by atoms with Crippen LogP contribution < -0.4 is 9.80 Å². The molecule has 0 unspecified atom stereocenters. The number of hydrogen-bond acceptors (Lipinski definition) is 4. The van der Waals surface area contributed by atoms with Crippen LogP contribution in [0, 0.1) is 13.8 Å². The molecule has 0 aliphatic carbocycles. The summed E-state index contributed by atoms with van der Waals surface area (Å²) in [4.78, 5) is 4.93. The minimum atomic E-state index is 0.881. The quantitative estimate of drug-likeness (QED) is 0.136. The Morgan fingerprint density at radius 3 is 1.27 bits per heavy atom. The lowest BCUT2D eigenvalue weighted by Gasteiger charge is -2.31. The fourth-order valence-electron chi connectivity index (χ4n) is 10.5. The van der Waals surface area contributed by atoms with Gasteiger partial charge in [0.05, 0.1) is 22.7 Å². The van der Waals surface area contributed by atoms with E-state index >= 15 is 0 Å². The summed E-state index contributed by atoms with van der Waals surface area (Å²) in [6.07, 6.45) is 2.87. The number of hydrogen-bond donors (Lipinski definition) is 0. The fourth-order valence-corrected chi connectivity index (χ4v) is 10.5. The maximum atomic E-state index is 6.81. The molecule has 2 heterocycles. The van der Waals surface area contributed by atoms with Gasteiger partial charge in [-0.25, -0.2) is 0 Å². The first kappa shape index (κ1) is 37.2. The van der Waals surface area contributed by atoms with E-state index in [1.807, 2.05) is 0 Å². The Labute approximate surface area is 366 Å². The second-order valence-corrected chi connectivity index (χ2v) is 17.0. The molecule has 0 N–H and O–H groups in total. The third-order valence-electron chi connectivity index (χ3n) is 13.4. The van der Waals surface area contributed by atoms with E-state index in [2.05, 4.69) is 207 Å². The number of benzene rings is 10. The number of aryl methyl sites for hydroxylation is 4. The van der Waals surface area contributed by atoms with Gasteiger partial charge in [0.15, 0.2) is 11.2 Å². The zero-order valence-electron chi connectivity index (χ0n) is 36.0. The van der Waals surface area contributed by atoms with E-state index in [4.69, 9.17) is 8.83 Å². The fraction of sp³-hybridized carbons (Fsp3) is 0.119. The predicted octanol–water partition coefficient (Wildman–Crippen LogP) is 17.5. The Kier molecular flexibility index (Phi) is 8.58. The molecule has 304 valence electrons. The molecular formula is C59H46N2O2. The van der Waals surface area contributed by atoms with E-state index in [0.717, 1.165) is 97.3 Å². The van der Waals surface area contributed by atoms with Crippen molar-refractivity contribution < 1.29 is 8.83 Å². The molecule has 4 heteroatoms. The minimum Gasteiger partial charge on any atom is -0.454 e. The molecule has 4 nitrogen and oxygen atoms in total. The van der Waals surface area contributed by atoms with Crippen LogP contribution in [-0.2, 0) is 12.8 Å². The first-order valence-corrected chi connectivity index (χ1v) is 22.3. The average molecular weight is 815 g/mol. The molecule has 12 rings (SSSR count). The highest BCUT2D eigenvalue weighted by Crippen LogP contribution is 2.52. The van der Waals surface area contributed by atoms with Crippen LogP contribution in [0.3, 0.4) is 0 Å². The highest BCUT2D eigenvalue weighted by molar-refractivity contribution is 6.30. The van der Waals surface area contributed by atoms with E-state index in [1.165, 1.54) is 54.6 Å². The molecule has 2 aromatic heterocycles. The predicted molar refractivity (Wildman–Crippen MR) is 267 cm³/mol. The zero-order valence-corrected chi connectivity index (χ0v) is 36.0. The van der Waals surface area contributed by atoms with Gasteiger partial charge in [0.1, 0.15) is 11.2 Å². The number of fused-ring (bicyclic) bond motifs is 6. The van der Waals surface area contributed by atoms with E-state index in [1.54, 1.807) is 0 Å². The van der Waals surface area contributed by atoms with Crippen molar-refractivity contribution in [1.82, 2.24) is 0 Å². The van der Waals surface area contributed by atoms with Crippen molar-refractivity contribution in [2.45, 2.75) is 47.0 Å². The Bertz CT molecular complexity index is 3740. The minimum absolute atomic E-state index is 0.881. The van der Waals surface area contributed by atoms with Gasteiger partial charge < -0.3 is 18.6 Å². The van der Waals surface area contributed by atoms with Gasteiger partial charge in [-0.05, 0) is 119 Å². The maximum Gasteiger partial charge on any atom is 0.159 e. The van der Waals surface area contributed by atoms with Crippen LogP contribution in [0.25, 0.3) is 76.2 Å². The molecule has 0 aliphatic heterocycles. The van der Waals surface area contributed by atoms with E-state index in [-0.39, 0.29) is 0 Å². The van der Waals surface area contributed by atoms with E-state index in [0.29, 0.717) is 0 Å². The molecule has 0 saturated carbocycles. The van der Waals surface area contributed by atoms with Gasteiger partial charge >= 0.3 is 0 Å². The molecule has 0 saturated heterocycles. The molecule has 0 aliphatic rings. The van der Waals surface area contributed by atoms with Gasteiger partial charge in [0.2, 0.25) is 0 Å². The smallest absolute Gasteiger partial charge is 0.159 e. The Balaban J connectivity index is 1.20. The van der Waals surface area contributed by atoms with Gasteiger partial charge in [-0.3, -0.25) is 0 Å². The maximum absolute atomic E-state index is 6.81. The molecule has 0 atom stereocenters. The van der Waals surface area contributed by atoms with Crippen molar-refractivity contribution in [3.05, 3.63) is 192 Å². The lowest BCUT2D eigenvalue weighted by Crippen LogP contribution is -2.14.